The molecular weight excluding hydrogens is 96.1 g/mol. The SMILES string of the molecule is CC1(C)[CH]CC1(C)C. The Labute approximate surface area is 52.3 Å². The summed E-state index contributed by atoms with van der Waals surface area (Å²) in [7, 11) is 0. The molecule has 1 aliphatic carbocycles. The number of hydrogen-bond donors (Lipinski definition) is 0. The van der Waals surface area contributed by atoms with E-state index in [1.807, 2.05) is 0 Å². The van der Waals surface area contributed by atoms with Crippen LogP contribution in [0, 0.1) is 17.3 Å². The van der Waals surface area contributed by atoms with Gasteiger partial charge >= 0.3 is 0 Å². The van der Waals surface area contributed by atoms with Crippen LogP contribution in [-0.2, 0) is 0 Å². The molecule has 0 aromatic heterocycles. The number of hydrogen-bond acceptors (Lipinski definition) is 0. The Balaban J connectivity index is 2.63. The first-order valence-electron chi connectivity index (χ1n) is 3.30. The lowest BCUT2D eigenvalue weighted by molar-refractivity contribution is 0.0556. The molecular formula is C8H15. The molecule has 0 amide bonds. The summed E-state index contributed by atoms with van der Waals surface area (Å²) >= 11 is 0. The van der Waals surface area contributed by atoms with Crippen LogP contribution >= 0.6 is 0 Å². The molecule has 0 atom stereocenters. The Morgan fingerprint density at radius 1 is 1.12 bits per heavy atom. The zero-order chi connectivity index (χ0) is 6.41. The summed E-state index contributed by atoms with van der Waals surface area (Å²) < 4.78 is 0. The molecule has 0 aromatic rings. The van der Waals surface area contributed by atoms with Crippen LogP contribution in [0.25, 0.3) is 0 Å². The van der Waals surface area contributed by atoms with Gasteiger partial charge in [-0.3, -0.25) is 0 Å². The average molecular weight is 111 g/mol. The second-order valence-corrected chi connectivity index (χ2v) is 4.01. The molecule has 0 N–H and O–H groups in total. The van der Waals surface area contributed by atoms with Crippen LogP contribution in [0.2, 0.25) is 0 Å². The molecule has 0 unspecified atom stereocenters. The maximum Gasteiger partial charge on any atom is -0.0271 e. The van der Waals surface area contributed by atoms with Crippen LogP contribution in [-0.4, -0.2) is 0 Å². The molecule has 0 spiro atoms. The van der Waals surface area contributed by atoms with E-state index in [2.05, 4.69) is 34.1 Å². The van der Waals surface area contributed by atoms with Gasteiger partial charge in [-0.2, -0.15) is 0 Å². The van der Waals surface area contributed by atoms with Crippen molar-refractivity contribution in [3.05, 3.63) is 6.42 Å². The molecule has 0 aromatic carbocycles. The molecule has 47 valence electrons. The molecule has 1 fully saturated rings. The molecule has 8 heavy (non-hydrogen) atoms. The second kappa shape index (κ2) is 1.29. The monoisotopic (exact) mass is 111 g/mol. The third-order valence-electron chi connectivity index (χ3n) is 2.87. The predicted octanol–water partition coefficient (Wildman–Crippen LogP) is 2.65. The number of rotatable bonds is 0. The van der Waals surface area contributed by atoms with Crippen LogP contribution < -0.4 is 0 Å². The van der Waals surface area contributed by atoms with Gasteiger partial charge < -0.3 is 0 Å². The summed E-state index contributed by atoms with van der Waals surface area (Å²) in [5.41, 5.74) is 1.06. The zero-order valence-electron chi connectivity index (χ0n) is 6.28. The predicted molar refractivity (Wildman–Crippen MR) is 36.5 cm³/mol. The summed E-state index contributed by atoms with van der Waals surface area (Å²) in [6.07, 6.45) is 3.69. The maximum atomic E-state index is 2.40. The van der Waals surface area contributed by atoms with Crippen molar-refractivity contribution in [2.75, 3.05) is 0 Å². The molecule has 1 rings (SSSR count). The first kappa shape index (κ1) is 6.12. The van der Waals surface area contributed by atoms with Crippen molar-refractivity contribution in [3.8, 4) is 0 Å². The third kappa shape index (κ3) is 0.586. The summed E-state index contributed by atoms with van der Waals surface area (Å²) in [6, 6.07) is 0. The van der Waals surface area contributed by atoms with E-state index in [0.29, 0.717) is 10.8 Å². The van der Waals surface area contributed by atoms with Crippen molar-refractivity contribution in [2.24, 2.45) is 10.8 Å². The van der Waals surface area contributed by atoms with E-state index in [-0.39, 0.29) is 0 Å². The van der Waals surface area contributed by atoms with Gasteiger partial charge in [-0.15, -0.1) is 0 Å². The van der Waals surface area contributed by atoms with Crippen LogP contribution in [0.5, 0.6) is 0 Å². The standard InChI is InChI=1S/C8H15/c1-7(2)5-6-8(7,3)4/h5H,6H2,1-4H3. The van der Waals surface area contributed by atoms with E-state index in [1.165, 1.54) is 6.42 Å². The largest absolute Gasteiger partial charge is 0.0594 e. The van der Waals surface area contributed by atoms with Gasteiger partial charge in [0.2, 0.25) is 0 Å². The minimum atomic E-state index is 0.493. The van der Waals surface area contributed by atoms with Crippen LogP contribution in [0.3, 0.4) is 0 Å². The van der Waals surface area contributed by atoms with E-state index >= 15 is 0 Å². The summed E-state index contributed by atoms with van der Waals surface area (Å²) in [4.78, 5) is 0. The Morgan fingerprint density at radius 3 is 1.50 bits per heavy atom. The highest BCUT2D eigenvalue weighted by atomic mass is 14.5. The van der Waals surface area contributed by atoms with Crippen molar-refractivity contribution in [2.45, 2.75) is 34.1 Å². The Bertz CT molecular complexity index is 84.6. The molecule has 1 saturated carbocycles. The van der Waals surface area contributed by atoms with Crippen molar-refractivity contribution < 1.29 is 0 Å². The van der Waals surface area contributed by atoms with Crippen molar-refractivity contribution in [1.29, 1.82) is 0 Å². The first-order chi connectivity index (χ1) is 3.46. The van der Waals surface area contributed by atoms with Gasteiger partial charge in [0.05, 0.1) is 0 Å². The highest BCUT2D eigenvalue weighted by molar-refractivity contribution is 5.08. The lowest BCUT2D eigenvalue weighted by Crippen LogP contribution is -2.43. The highest BCUT2D eigenvalue weighted by Gasteiger charge is 2.45. The Morgan fingerprint density at radius 2 is 1.50 bits per heavy atom. The minimum Gasteiger partial charge on any atom is -0.0594 e. The second-order valence-electron chi connectivity index (χ2n) is 4.01. The molecule has 0 aliphatic heterocycles. The van der Waals surface area contributed by atoms with E-state index in [0.717, 1.165) is 0 Å². The molecule has 0 nitrogen and oxygen atoms in total. The normalized spacial score (nSPS) is 31.5. The zero-order valence-corrected chi connectivity index (χ0v) is 6.28. The quantitative estimate of drug-likeness (QED) is 0.451. The molecule has 0 heterocycles. The molecule has 0 saturated heterocycles. The lowest BCUT2D eigenvalue weighted by atomic mass is 9.53. The van der Waals surface area contributed by atoms with Gasteiger partial charge in [-0.05, 0) is 23.7 Å². The van der Waals surface area contributed by atoms with Crippen LogP contribution in [0.1, 0.15) is 34.1 Å². The lowest BCUT2D eigenvalue weighted by Gasteiger charge is -2.52. The molecule has 1 radical (unpaired) electrons. The molecule has 0 bridgehead atoms. The first-order valence-corrected chi connectivity index (χ1v) is 3.30. The topological polar surface area (TPSA) is 0 Å². The fraction of sp³-hybridized carbons (Fsp3) is 0.875. The summed E-state index contributed by atoms with van der Waals surface area (Å²) in [5.74, 6) is 0. The van der Waals surface area contributed by atoms with Crippen LogP contribution in [0.4, 0.5) is 0 Å². The minimum absolute atomic E-state index is 0.493. The molecule has 1 aliphatic rings. The molecule has 0 heteroatoms. The average Bonchev–Trinajstić information content (AvgIpc) is 1.64. The maximum absolute atomic E-state index is 2.40. The van der Waals surface area contributed by atoms with Crippen molar-refractivity contribution in [1.82, 2.24) is 0 Å². The van der Waals surface area contributed by atoms with Gasteiger partial charge in [0.1, 0.15) is 0 Å². The van der Waals surface area contributed by atoms with Gasteiger partial charge in [0.25, 0.3) is 0 Å². The third-order valence-corrected chi connectivity index (χ3v) is 2.87. The van der Waals surface area contributed by atoms with E-state index in [1.54, 1.807) is 0 Å². The fourth-order valence-electron chi connectivity index (χ4n) is 0.919. The van der Waals surface area contributed by atoms with Crippen molar-refractivity contribution >= 4 is 0 Å². The van der Waals surface area contributed by atoms with Gasteiger partial charge in [0.15, 0.2) is 0 Å². The van der Waals surface area contributed by atoms with E-state index in [9.17, 15) is 0 Å². The van der Waals surface area contributed by atoms with Gasteiger partial charge in [0, 0.05) is 0 Å². The van der Waals surface area contributed by atoms with Crippen molar-refractivity contribution in [3.63, 3.8) is 0 Å². The van der Waals surface area contributed by atoms with E-state index in [4.69, 9.17) is 0 Å². The fourth-order valence-corrected chi connectivity index (χ4v) is 0.919. The van der Waals surface area contributed by atoms with E-state index < -0.39 is 0 Å². The smallest absolute Gasteiger partial charge is 0.0271 e. The van der Waals surface area contributed by atoms with Gasteiger partial charge in [-0.25, -0.2) is 0 Å². The summed E-state index contributed by atoms with van der Waals surface area (Å²) in [6.45, 7) is 9.26. The van der Waals surface area contributed by atoms with Crippen LogP contribution in [0.15, 0.2) is 0 Å². The summed E-state index contributed by atoms with van der Waals surface area (Å²) in [5, 5.41) is 0. The highest BCUT2D eigenvalue weighted by Crippen LogP contribution is 2.54. The Hall–Kier alpha value is 0. The van der Waals surface area contributed by atoms with Gasteiger partial charge in [-0.1, -0.05) is 27.7 Å². The Kier molecular flexibility index (Phi) is 0.984.